The molecule has 3 rings (SSSR count). The van der Waals surface area contributed by atoms with Gasteiger partial charge in [0.05, 0.1) is 10.8 Å². The SMILES string of the molecule is O=C1CS(=O)C(c2ccccc2)N1c1ccccn1. The first-order valence-electron chi connectivity index (χ1n) is 5.92. The molecule has 0 aliphatic carbocycles. The van der Waals surface area contributed by atoms with Gasteiger partial charge in [-0.2, -0.15) is 0 Å². The van der Waals surface area contributed by atoms with Crippen molar-refractivity contribution in [1.29, 1.82) is 0 Å². The Bertz CT molecular complexity index is 560. The Morgan fingerprint density at radius 3 is 2.53 bits per heavy atom. The lowest BCUT2D eigenvalue weighted by Crippen LogP contribution is -2.29. The van der Waals surface area contributed by atoms with Crippen molar-refractivity contribution in [3.8, 4) is 0 Å². The summed E-state index contributed by atoms with van der Waals surface area (Å²) in [7, 11) is -1.24. The molecule has 0 radical (unpaired) electrons. The van der Waals surface area contributed by atoms with Gasteiger partial charge < -0.3 is 0 Å². The predicted octanol–water partition coefficient (Wildman–Crippen LogP) is 1.88. The maximum atomic E-state index is 12.2. The van der Waals surface area contributed by atoms with Gasteiger partial charge in [0, 0.05) is 6.20 Å². The molecule has 1 amide bonds. The highest BCUT2D eigenvalue weighted by Gasteiger charge is 2.39. The molecular formula is C14H12N2O2S. The van der Waals surface area contributed by atoms with Crippen LogP contribution in [0.1, 0.15) is 10.9 Å². The van der Waals surface area contributed by atoms with Crippen LogP contribution in [0.5, 0.6) is 0 Å². The topological polar surface area (TPSA) is 50.3 Å². The van der Waals surface area contributed by atoms with E-state index in [1.807, 2.05) is 36.4 Å². The second kappa shape index (κ2) is 4.93. The quantitative estimate of drug-likeness (QED) is 0.838. The van der Waals surface area contributed by atoms with Crippen molar-refractivity contribution in [2.75, 3.05) is 10.7 Å². The molecule has 1 aliphatic rings. The fraction of sp³-hybridized carbons (Fsp3) is 0.143. The normalized spacial score (nSPS) is 22.7. The van der Waals surface area contributed by atoms with Crippen LogP contribution < -0.4 is 4.90 Å². The monoisotopic (exact) mass is 272 g/mol. The molecule has 19 heavy (non-hydrogen) atoms. The third kappa shape index (κ3) is 2.17. The van der Waals surface area contributed by atoms with Gasteiger partial charge in [-0.3, -0.25) is 13.9 Å². The van der Waals surface area contributed by atoms with Gasteiger partial charge in [0.25, 0.3) is 0 Å². The minimum Gasteiger partial charge on any atom is -0.276 e. The molecule has 2 heterocycles. The number of carbonyl (C=O) groups excluding carboxylic acids is 1. The number of benzene rings is 1. The van der Waals surface area contributed by atoms with Crippen LogP contribution in [0.4, 0.5) is 5.82 Å². The fourth-order valence-electron chi connectivity index (χ4n) is 2.18. The largest absolute Gasteiger partial charge is 0.276 e. The summed E-state index contributed by atoms with van der Waals surface area (Å²) in [6.07, 6.45) is 1.63. The van der Waals surface area contributed by atoms with Crippen LogP contribution in [0.2, 0.25) is 0 Å². The van der Waals surface area contributed by atoms with Crippen LogP contribution in [0.3, 0.4) is 0 Å². The Morgan fingerprint density at radius 1 is 1.11 bits per heavy atom. The standard InChI is InChI=1S/C14H12N2O2S/c17-13-10-19(18)14(11-6-2-1-3-7-11)16(13)12-8-4-5-9-15-12/h1-9,14H,10H2. The molecule has 1 saturated heterocycles. The molecule has 2 aromatic rings. The maximum Gasteiger partial charge on any atom is 0.242 e. The number of aromatic nitrogens is 1. The van der Waals surface area contributed by atoms with Crippen LogP contribution >= 0.6 is 0 Å². The summed E-state index contributed by atoms with van der Waals surface area (Å²) in [6, 6.07) is 14.8. The first-order chi connectivity index (χ1) is 9.27. The summed E-state index contributed by atoms with van der Waals surface area (Å²) in [5, 5.41) is -0.441. The number of hydrogen-bond acceptors (Lipinski definition) is 3. The van der Waals surface area contributed by atoms with Crippen molar-refractivity contribution in [2.45, 2.75) is 5.37 Å². The molecule has 0 saturated carbocycles. The van der Waals surface area contributed by atoms with E-state index < -0.39 is 16.2 Å². The summed E-state index contributed by atoms with van der Waals surface area (Å²) in [5.41, 5.74) is 0.873. The second-order valence-electron chi connectivity index (χ2n) is 4.24. The van der Waals surface area contributed by atoms with E-state index >= 15 is 0 Å². The van der Waals surface area contributed by atoms with Gasteiger partial charge in [0.15, 0.2) is 0 Å². The van der Waals surface area contributed by atoms with Crippen molar-refractivity contribution in [1.82, 2.24) is 4.98 Å². The summed E-state index contributed by atoms with van der Waals surface area (Å²) < 4.78 is 12.2. The van der Waals surface area contributed by atoms with Gasteiger partial charge >= 0.3 is 0 Å². The highest BCUT2D eigenvalue weighted by molar-refractivity contribution is 7.86. The molecule has 2 unspecified atom stereocenters. The summed E-state index contributed by atoms with van der Waals surface area (Å²) in [4.78, 5) is 17.8. The zero-order valence-electron chi connectivity index (χ0n) is 10.1. The average molecular weight is 272 g/mol. The molecular weight excluding hydrogens is 260 g/mol. The smallest absolute Gasteiger partial charge is 0.242 e. The third-order valence-electron chi connectivity index (χ3n) is 3.00. The van der Waals surface area contributed by atoms with Gasteiger partial charge in [-0.15, -0.1) is 0 Å². The Hall–Kier alpha value is -2.01. The Kier molecular flexibility index (Phi) is 3.13. The van der Waals surface area contributed by atoms with Crippen molar-refractivity contribution >= 4 is 22.5 Å². The minimum absolute atomic E-state index is 0.0517. The molecule has 4 nitrogen and oxygen atoms in total. The van der Waals surface area contributed by atoms with E-state index in [-0.39, 0.29) is 11.7 Å². The van der Waals surface area contributed by atoms with Gasteiger partial charge in [0.2, 0.25) is 5.91 Å². The first kappa shape index (κ1) is 12.0. The van der Waals surface area contributed by atoms with E-state index in [0.29, 0.717) is 5.82 Å². The highest BCUT2D eigenvalue weighted by Crippen LogP contribution is 2.33. The van der Waals surface area contributed by atoms with Gasteiger partial charge in [-0.05, 0) is 17.7 Å². The van der Waals surface area contributed by atoms with Crippen molar-refractivity contribution < 1.29 is 9.00 Å². The fourth-order valence-corrected chi connectivity index (χ4v) is 3.64. The molecule has 1 fully saturated rings. The number of pyridine rings is 1. The van der Waals surface area contributed by atoms with Gasteiger partial charge in [-0.25, -0.2) is 4.98 Å². The number of hydrogen-bond donors (Lipinski definition) is 0. The number of carbonyl (C=O) groups is 1. The van der Waals surface area contributed by atoms with Crippen LogP contribution in [-0.4, -0.2) is 20.9 Å². The maximum absolute atomic E-state index is 12.2. The molecule has 2 atom stereocenters. The number of rotatable bonds is 2. The third-order valence-corrected chi connectivity index (χ3v) is 4.51. The number of amides is 1. The number of nitrogens with zero attached hydrogens (tertiary/aromatic N) is 2. The second-order valence-corrected chi connectivity index (χ2v) is 5.74. The van der Waals surface area contributed by atoms with E-state index in [1.54, 1.807) is 18.3 Å². The lowest BCUT2D eigenvalue weighted by molar-refractivity contribution is -0.115. The number of anilines is 1. The molecule has 1 aliphatic heterocycles. The predicted molar refractivity (Wildman–Crippen MR) is 73.9 cm³/mol. The van der Waals surface area contributed by atoms with E-state index in [1.165, 1.54) is 4.90 Å². The zero-order valence-corrected chi connectivity index (χ0v) is 10.9. The Balaban J connectivity index is 2.06. The molecule has 5 heteroatoms. The molecule has 0 bridgehead atoms. The summed E-state index contributed by atoms with van der Waals surface area (Å²) in [5.74, 6) is 0.453. The van der Waals surface area contributed by atoms with E-state index in [9.17, 15) is 9.00 Å². The minimum atomic E-state index is -1.24. The average Bonchev–Trinajstić information content (AvgIpc) is 2.75. The van der Waals surface area contributed by atoms with Crippen LogP contribution in [0.15, 0.2) is 54.7 Å². The van der Waals surface area contributed by atoms with Crippen LogP contribution in [0.25, 0.3) is 0 Å². The molecule has 0 N–H and O–H groups in total. The van der Waals surface area contributed by atoms with E-state index in [2.05, 4.69) is 4.98 Å². The lowest BCUT2D eigenvalue weighted by Gasteiger charge is -2.22. The van der Waals surface area contributed by atoms with E-state index in [0.717, 1.165) is 5.56 Å². The lowest BCUT2D eigenvalue weighted by atomic mass is 10.2. The Labute approximate surface area is 113 Å². The molecule has 1 aromatic carbocycles. The first-order valence-corrected chi connectivity index (χ1v) is 7.31. The molecule has 0 spiro atoms. The van der Waals surface area contributed by atoms with Gasteiger partial charge in [0.1, 0.15) is 16.9 Å². The Morgan fingerprint density at radius 2 is 1.84 bits per heavy atom. The summed E-state index contributed by atoms with van der Waals surface area (Å²) >= 11 is 0. The molecule has 1 aromatic heterocycles. The van der Waals surface area contributed by atoms with Gasteiger partial charge in [-0.1, -0.05) is 36.4 Å². The highest BCUT2D eigenvalue weighted by atomic mass is 32.2. The molecule has 96 valence electrons. The van der Waals surface area contributed by atoms with Crippen molar-refractivity contribution in [3.05, 3.63) is 60.3 Å². The van der Waals surface area contributed by atoms with Crippen LogP contribution in [0, 0.1) is 0 Å². The van der Waals surface area contributed by atoms with Crippen molar-refractivity contribution in [3.63, 3.8) is 0 Å². The van der Waals surface area contributed by atoms with Crippen molar-refractivity contribution in [2.24, 2.45) is 0 Å². The van der Waals surface area contributed by atoms with E-state index in [4.69, 9.17) is 0 Å². The van der Waals surface area contributed by atoms with Crippen LogP contribution in [-0.2, 0) is 15.6 Å². The summed E-state index contributed by atoms with van der Waals surface area (Å²) in [6.45, 7) is 0. The zero-order chi connectivity index (χ0) is 13.2.